The second-order valence-electron chi connectivity index (χ2n) is 6.43. The molecule has 0 radical (unpaired) electrons. The lowest BCUT2D eigenvalue weighted by Gasteiger charge is -2.44. The fraction of sp³-hybridized carbons (Fsp3) is 0.824. The molecule has 1 N–H and O–H groups in total. The lowest BCUT2D eigenvalue weighted by atomic mass is 9.64. The van der Waals surface area contributed by atoms with Crippen molar-refractivity contribution in [3.8, 4) is 0 Å². The molecule has 0 aromatic rings. The molecule has 0 heterocycles. The zero-order chi connectivity index (χ0) is 15.2. The summed E-state index contributed by atoms with van der Waals surface area (Å²) in [4.78, 5) is 11.9. The molecule has 1 rings (SSSR count). The number of esters is 1. The molecule has 0 saturated heterocycles. The average Bonchev–Trinajstić information content (AvgIpc) is 2.48. The molecule has 0 amide bonds. The molecule has 3 nitrogen and oxygen atoms in total. The highest BCUT2D eigenvalue weighted by atomic mass is 16.5. The first-order chi connectivity index (χ1) is 9.47. The Morgan fingerprint density at radius 3 is 2.40 bits per heavy atom. The van der Waals surface area contributed by atoms with Crippen LogP contribution in [0.5, 0.6) is 0 Å². The standard InChI is InChI=1S/C17H30O3/c1-5-14(4)16(19)20-12-17(11-18,13(2)3)15-9-7-6-8-10-15/h5,13,15,18H,6-12H2,1-4H3. The Morgan fingerprint density at radius 2 is 1.95 bits per heavy atom. The molecule has 1 unspecified atom stereocenters. The van der Waals surface area contributed by atoms with Crippen molar-refractivity contribution in [2.45, 2.75) is 59.8 Å². The van der Waals surface area contributed by atoms with Gasteiger partial charge < -0.3 is 9.84 Å². The van der Waals surface area contributed by atoms with Crippen LogP contribution >= 0.6 is 0 Å². The average molecular weight is 282 g/mol. The molecule has 0 aromatic carbocycles. The fourth-order valence-electron chi connectivity index (χ4n) is 3.22. The largest absolute Gasteiger partial charge is 0.462 e. The first-order valence-corrected chi connectivity index (χ1v) is 7.88. The zero-order valence-corrected chi connectivity index (χ0v) is 13.4. The molecule has 1 aliphatic rings. The molecule has 20 heavy (non-hydrogen) atoms. The molecule has 0 aromatic heterocycles. The predicted octanol–water partition coefficient (Wildman–Crippen LogP) is 3.71. The SMILES string of the molecule is CC=C(C)C(=O)OCC(CO)(C(C)C)C1CCCCC1. The maximum absolute atomic E-state index is 11.9. The summed E-state index contributed by atoms with van der Waals surface area (Å²) in [5.41, 5.74) is 0.341. The molecule has 1 saturated carbocycles. The van der Waals surface area contributed by atoms with Gasteiger partial charge in [0.05, 0.1) is 13.2 Å². The van der Waals surface area contributed by atoms with Gasteiger partial charge in [0.15, 0.2) is 0 Å². The van der Waals surface area contributed by atoms with Gasteiger partial charge in [0.2, 0.25) is 0 Å². The second-order valence-corrected chi connectivity index (χ2v) is 6.43. The first kappa shape index (κ1) is 17.2. The van der Waals surface area contributed by atoms with Crippen molar-refractivity contribution in [2.24, 2.45) is 17.3 Å². The highest BCUT2D eigenvalue weighted by molar-refractivity contribution is 5.87. The van der Waals surface area contributed by atoms with Crippen LogP contribution < -0.4 is 0 Å². The summed E-state index contributed by atoms with van der Waals surface area (Å²) in [7, 11) is 0. The number of hydrogen-bond donors (Lipinski definition) is 1. The lowest BCUT2D eigenvalue weighted by Crippen LogP contribution is -2.45. The van der Waals surface area contributed by atoms with Crippen LogP contribution in [-0.2, 0) is 9.53 Å². The molecule has 1 aliphatic carbocycles. The molecular weight excluding hydrogens is 252 g/mol. The van der Waals surface area contributed by atoms with Gasteiger partial charge >= 0.3 is 5.97 Å². The maximum atomic E-state index is 11.9. The number of ether oxygens (including phenoxy) is 1. The monoisotopic (exact) mass is 282 g/mol. The Morgan fingerprint density at radius 1 is 1.35 bits per heavy atom. The summed E-state index contributed by atoms with van der Waals surface area (Å²) in [5.74, 6) is 0.496. The minimum absolute atomic E-state index is 0.0947. The van der Waals surface area contributed by atoms with E-state index >= 15 is 0 Å². The van der Waals surface area contributed by atoms with Crippen molar-refractivity contribution in [1.29, 1.82) is 0 Å². The first-order valence-electron chi connectivity index (χ1n) is 7.88. The van der Waals surface area contributed by atoms with Gasteiger partial charge in [0.1, 0.15) is 0 Å². The minimum Gasteiger partial charge on any atom is -0.462 e. The number of aliphatic hydroxyl groups is 1. The third-order valence-electron chi connectivity index (χ3n) is 5.09. The highest BCUT2D eigenvalue weighted by Crippen LogP contribution is 2.44. The summed E-state index contributed by atoms with van der Waals surface area (Å²) in [6.07, 6.45) is 7.77. The molecule has 116 valence electrons. The normalized spacial score (nSPS) is 20.8. The van der Waals surface area contributed by atoms with E-state index in [1.165, 1.54) is 19.3 Å². The minimum atomic E-state index is -0.288. The van der Waals surface area contributed by atoms with Gasteiger partial charge in [-0.15, -0.1) is 0 Å². The van der Waals surface area contributed by atoms with Crippen LogP contribution in [-0.4, -0.2) is 24.3 Å². The summed E-state index contributed by atoms with van der Waals surface area (Å²) in [6.45, 7) is 8.27. The molecule has 1 fully saturated rings. The van der Waals surface area contributed by atoms with E-state index in [2.05, 4.69) is 13.8 Å². The Balaban J connectivity index is 2.80. The molecule has 0 bridgehead atoms. The van der Waals surface area contributed by atoms with Crippen molar-refractivity contribution in [3.05, 3.63) is 11.6 Å². The van der Waals surface area contributed by atoms with Gasteiger partial charge in [-0.1, -0.05) is 39.2 Å². The molecule has 3 heteroatoms. The molecular formula is C17H30O3. The van der Waals surface area contributed by atoms with Gasteiger partial charge in [0.25, 0.3) is 0 Å². The topological polar surface area (TPSA) is 46.5 Å². The van der Waals surface area contributed by atoms with Gasteiger partial charge in [-0.05, 0) is 38.5 Å². The van der Waals surface area contributed by atoms with E-state index in [4.69, 9.17) is 4.74 Å². The van der Waals surface area contributed by atoms with E-state index in [1.54, 1.807) is 13.0 Å². The summed E-state index contributed by atoms with van der Waals surface area (Å²) < 4.78 is 5.50. The summed E-state index contributed by atoms with van der Waals surface area (Å²) >= 11 is 0. The maximum Gasteiger partial charge on any atom is 0.333 e. The Kier molecular flexibility index (Phi) is 6.74. The van der Waals surface area contributed by atoms with E-state index in [1.807, 2.05) is 6.92 Å². The Labute approximate surface area is 123 Å². The van der Waals surface area contributed by atoms with Gasteiger partial charge in [-0.2, -0.15) is 0 Å². The van der Waals surface area contributed by atoms with Crippen molar-refractivity contribution < 1.29 is 14.6 Å². The van der Waals surface area contributed by atoms with Crippen LogP contribution in [0.4, 0.5) is 0 Å². The summed E-state index contributed by atoms with van der Waals surface area (Å²) in [5, 5.41) is 10.0. The third-order valence-corrected chi connectivity index (χ3v) is 5.09. The number of hydrogen-bond acceptors (Lipinski definition) is 3. The van der Waals surface area contributed by atoms with Crippen LogP contribution in [0.15, 0.2) is 11.6 Å². The number of carbonyl (C=O) groups is 1. The summed E-state index contributed by atoms with van der Waals surface area (Å²) in [6, 6.07) is 0. The van der Waals surface area contributed by atoms with Crippen LogP contribution in [0, 0.1) is 17.3 Å². The van der Waals surface area contributed by atoms with Gasteiger partial charge in [-0.25, -0.2) is 4.79 Å². The van der Waals surface area contributed by atoms with Gasteiger partial charge in [-0.3, -0.25) is 0 Å². The van der Waals surface area contributed by atoms with Crippen LogP contribution in [0.25, 0.3) is 0 Å². The van der Waals surface area contributed by atoms with Crippen LogP contribution in [0.1, 0.15) is 59.8 Å². The predicted molar refractivity (Wildman–Crippen MR) is 81.3 cm³/mol. The third kappa shape index (κ3) is 3.85. The Bertz CT molecular complexity index is 340. The number of allylic oxidation sites excluding steroid dienone is 1. The van der Waals surface area contributed by atoms with Crippen molar-refractivity contribution in [3.63, 3.8) is 0 Å². The van der Waals surface area contributed by atoms with Crippen molar-refractivity contribution in [2.75, 3.05) is 13.2 Å². The van der Waals surface area contributed by atoms with E-state index in [0.29, 0.717) is 24.0 Å². The quantitative estimate of drug-likeness (QED) is 0.596. The smallest absolute Gasteiger partial charge is 0.333 e. The number of aliphatic hydroxyl groups excluding tert-OH is 1. The van der Waals surface area contributed by atoms with Crippen LogP contribution in [0.2, 0.25) is 0 Å². The molecule has 0 spiro atoms. The molecule has 0 aliphatic heterocycles. The Hall–Kier alpha value is -0.830. The van der Waals surface area contributed by atoms with E-state index in [9.17, 15) is 9.90 Å². The lowest BCUT2D eigenvalue weighted by molar-refractivity contribution is -0.149. The van der Waals surface area contributed by atoms with E-state index in [0.717, 1.165) is 12.8 Å². The van der Waals surface area contributed by atoms with E-state index in [-0.39, 0.29) is 18.0 Å². The van der Waals surface area contributed by atoms with Crippen molar-refractivity contribution in [1.82, 2.24) is 0 Å². The second kappa shape index (κ2) is 7.82. The van der Waals surface area contributed by atoms with Gasteiger partial charge in [0, 0.05) is 11.0 Å². The zero-order valence-electron chi connectivity index (χ0n) is 13.4. The number of carbonyl (C=O) groups excluding carboxylic acids is 1. The van der Waals surface area contributed by atoms with E-state index < -0.39 is 0 Å². The van der Waals surface area contributed by atoms with Crippen molar-refractivity contribution >= 4 is 5.97 Å². The highest BCUT2D eigenvalue weighted by Gasteiger charge is 2.42. The van der Waals surface area contributed by atoms with Crippen LogP contribution in [0.3, 0.4) is 0 Å². The molecule has 1 atom stereocenters. The number of rotatable bonds is 6. The fourth-order valence-corrected chi connectivity index (χ4v) is 3.22.